The molecule has 10 heteroatoms. The number of rotatable bonds is 5. The maximum Gasteiger partial charge on any atom is 0.387 e. The summed E-state index contributed by atoms with van der Waals surface area (Å²) in [6.07, 6.45) is 0. The fraction of sp³-hybridized carbons (Fsp3) is 0.462. The number of aliphatic carboxylic acids is 1. The van der Waals surface area contributed by atoms with Gasteiger partial charge in [0.05, 0.1) is 5.92 Å². The van der Waals surface area contributed by atoms with Gasteiger partial charge >= 0.3 is 12.6 Å². The van der Waals surface area contributed by atoms with Gasteiger partial charge in [-0.1, -0.05) is 6.92 Å². The van der Waals surface area contributed by atoms with Gasteiger partial charge in [-0.2, -0.15) is 13.1 Å². The third kappa shape index (κ3) is 3.58. The lowest BCUT2D eigenvalue weighted by atomic mass is 9.99. The van der Waals surface area contributed by atoms with Crippen LogP contribution in [0.25, 0.3) is 0 Å². The minimum atomic E-state index is -4.37. The average molecular weight is 353 g/mol. The van der Waals surface area contributed by atoms with E-state index < -0.39 is 50.9 Å². The Morgan fingerprint density at radius 3 is 2.57 bits per heavy atom. The molecule has 0 amide bonds. The number of sulfonamides is 1. The predicted octanol–water partition coefficient (Wildman–Crippen LogP) is 1.77. The Kier molecular flexibility index (Phi) is 4.85. The van der Waals surface area contributed by atoms with E-state index in [-0.39, 0.29) is 13.1 Å². The molecule has 1 fully saturated rings. The molecule has 6 nitrogen and oxygen atoms in total. The fourth-order valence-corrected chi connectivity index (χ4v) is 4.15. The summed E-state index contributed by atoms with van der Waals surface area (Å²) in [6, 6.07) is 2.16. The molecule has 2 rings (SSSR count). The van der Waals surface area contributed by atoms with Gasteiger partial charge in [0.1, 0.15) is 16.5 Å². The number of carboxylic acid groups (broad SMARTS) is 1. The van der Waals surface area contributed by atoms with Crippen molar-refractivity contribution >= 4 is 16.0 Å². The number of hydrogen-bond donors (Lipinski definition) is 1. The van der Waals surface area contributed by atoms with E-state index in [4.69, 9.17) is 5.11 Å². The Labute approximate surface area is 130 Å². The largest absolute Gasteiger partial charge is 0.481 e. The lowest BCUT2D eigenvalue weighted by Gasteiger charge is -2.18. The van der Waals surface area contributed by atoms with Gasteiger partial charge in [-0.3, -0.25) is 4.79 Å². The van der Waals surface area contributed by atoms with E-state index in [1.807, 2.05) is 0 Å². The first-order valence-electron chi connectivity index (χ1n) is 6.60. The highest BCUT2D eigenvalue weighted by Gasteiger charge is 2.41. The van der Waals surface area contributed by atoms with Crippen LogP contribution < -0.4 is 4.74 Å². The maximum absolute atomic E-state index is 13.4. The minimum absolute atomic E-state index is 0.107. The molecule has 0 aliphatic carbocycles. The Morgan fingerprint density at radius 2 is 2.04 bits per heavy atom. The van der Waals surface area contributed by atoms with Gasteiger partial charge in [-0.05, 0) is 24.1 Å². The molecule has 1 saturated heterocycles. The Bertz CT molecular complexity index is 710. The molecule has 2 atom stereocenters. The molecule has 23 heavy (non-hydrogen) atoms. The SMILES string of the molecule is C[C@@H]1CN(S(=O)(=O)c2cc(F)ccc2OC(F)F)C[C@H]1C(=O)O. The molecular formula is C13H14F3NO5S. The van der Waals surface area contributed by atoms with E-state index >= 15 is 0 Å². The fourth-order valence-electron chi connectivity index (χ4n) is 2.46. The molecule has 0 aromatic heterocycles. The van der Waals surface area contributed by atoms with Crippen LogP contribution in [-0.2, 0) is 14.8 Å². The summed E-state index contributed by atoms with van der Waals surface area (Å²) >= 11 is 0. The van der Waals surface area contributed by atoms with Gasteiger partial charge in [0, 0.05) is 13.1 Å². The zero-order chi connectivity index (χ0) is 17.4. The van der Waals surface area contributed by atoms with Crippen molar-refractivity contribution in [3.8, 4) is 5.75 Å². The van der Waals surface area contributed by atoms with Crippen molar-refractivity contribution in [2.75, 3.05) is 13.1 Å². The number of ether oxygens (including phenoxy) is 1. The molecular weight excluding hydrogens is 339 g/mol. The van der Waals surface area contributed by atoms with E-state index in [2.05, 4.69) is 4.74 Å². The van der Waals surface area contributed by atoms with Crippen LogP contribution in [0, 0.1) is 17.7 Å². The first kappa shape index (κ1) is 17.5. The maximum atomic E-state index is 13.4. The molecule has 1 aliphatic heterocycles. The summed E-state index contributed by atoms with van der Waals surface area (Å²) < 4.78 is 68.2. The summed E-state index contributed by atoms with van der Waals surface area (Å²) in [7, 11) is -4.37. The number of halogens is 3. The smallest absolute Gasteiger partial charge is 0.387 e. The van der Waals surface area contributed by atoms with Gasteiger partial charge in [0.25, 0.3) is 0 Å². The highest BCUT2D eigenvalue weighted by molar-refractivity contribution is 7.89. The molecule has 1 heterocycles. The Balaban J connectivity index is 2.40. The zero-order valence-corrected chi connectivity index (χ0v) is 12.8. The van der Waals surface area contributed by atoms with E-state index in [0.717, 1.165) is 16.4 Å². The van der Waals surface area contributed by atoms with Crippen molar-refractivity contribution in [3.05, 3.63) is 24.0 Å². The molecule has 0 bridgehead atoms. The predicted molar refractivity (Wildman–Crippen MR) is 72.1 cm³/mol. The van der Waals surface area contributed by atoms with Crippen molar-refractivity contribution in [1.29, 1.82) is 0 Å². The molecule has 0 saturated carbocycles. The standard InChI is InChI=1S/C13H14F3NO5S/c1-7-5-17(6-9(7)12(18)19)23(20,21)11-4-8(14)2-3-10(11)22-13(15)16/h2-4,7,9,13H,5-6H2,1H3,(H,18,19)/t7-,9-/m1/s1. The van der Waals surface area contributed by atoms with Crippen molar-refractivity contribution in [3.63, 3.8) is 0 Å². The van der Waals surface area contributed by atoms with E-state index in [9.17, 15) is 26.4 Å². The number of carbonyl (C=O) groups is 1. The number of nitrogens with zero attached hydrogens (tertiary/aromatic N) is 1. The zero-order valence-electron chi connectivity index (χ0n) is 11.9. The summed E-state index contributed by atoms with van der Waals surface area (Å²) in [6.45, 7) is -2.14. The number of benzene rings is 1. The number of alkyl halides is 2. The minimum Gasteiger partial charge on any atom is -0.481 e. The molecule has 1 N–H and O–H groups in total. The molecule has 0 radical (unpaired) electrons. The van der Waals surface area contributed by atoms with E-state index in [1.165, 1.54) is 0 Å². The Hall–Kier alpha value is -1.81. The van der Waals surface area contributed by atoms with Crippen molar-refractivity contribution < 1.29 is 36.2 Å². The first-order valence-corrected chi connectivity index (χ1v) is 8.04. The van der Waals surface area contributed by atoms with Crippen molar-refractivity contribution in [1.82, 2.24) is 4.31 Å². The van der Waals surface area contributed by atoms with Crippen LogP contribution in [-0.4, -0.2) is 43.5 Å². The quantitative estimate of drug-likeness (QED) is 0.872. The third-order valence-corrected chi connectivity index (χ3v) is 5.49. The molecule has 0 unspecified atom stereocenters. The second-order valence-electron chi connectivity index (χ2n) is 5.21. The number of hydrogen-bond acceptors (Lipinski definition) is 4. The summed E-state index contributed by atoms with van der Waals surface area (Å²) in [5.74, 6) is -4.16. The van der Waals surface area contributed by atoms with Crippen LogP contribution in [0.1, 0.15) is 6.92 Å². The summed E-state index contributed by atoms with van der Waals surface area (Å²) in [5, 5.41) is 9.05. The van der Waals surface area contributed by atoms with Crippen molar-refractivity contribution in [2.45, 2.75) is 18.4 Å². The average Bonchev–Trinajstić information content (AvgIpc) is 2.83. The highest BCUT2D eigenvalue weighted by Crippen LogP contribution is 2.33. The third-order valence-electron chi connectivity index (χ3n) is 3.64. The number of carboxylic acids is 1. The topological polar surface area (TPSA) is 83.9 Å². The van der Waals surface area contributed by atoms with Crippen LogP contribution >= 0.6 is 0 Å². The summed E-state index contributed by atoms with van der Waals surface area (Å²) in [4.78, 5) is 10.3. The second-order valence-corrected chi connectivity index (χ2v) is 7.12. The molecule has 1 aliphatic rings. The van der Waals surface area contributed by atoms with Crippen LogP contribution in [0.4, 0.5) is 13.2 Å². The van der Waals surface area contributed by atoms with Gasteiger partial charge in [-0.25, -0.2) is 12.8 Å². The Morgan fingerprint density at radius 1 is 1.39 bits per heavy atom. The molecule has 128 valence electrons. The van der Waals surface area contributed by atoms with Gasteiger partial charge < -0.3 is 9.84 Å². The van der Waals surface area contributed by atoms with Crippen LogP contribution in [0.3, 0.4) is 0 Å². The van der Waals surface area contributed by atoms with Gasteiger partial charge in [0.2, 0.25) is 10.0 Å². The highest BCUT2D eigenvalue weighted by atomic mass is 32.2. The van der Waals surface area contributed by atoms with Crippen LogP contribution in [0.15, 0.2) is 23.1 Å². The van der Waals surface area contributed by atoms with E-state index in [0.29, 0.717) is 6.07 Å². The normalized spacial score (nSPS) is 22.5. The second kappa shape index (κ2) is 6.36. The molecule has 1 aromatic carbocycles. The lowest BCUT2D eigenvalue weighted by molar-refractivity contribution is -0.142. The van der Waals surface area contributed by atoms with Gasteiger partial charge in [0.15, 0.2) is 0 Å². The van der Waals surface area contributed by atoms with Crippen LogP contribution in [0.2, 0.25) is 0 Å². The van der Waals surface area contributed by atoms with E-state index in [1.54, 1.807) is 6.92 Å². The molecule has 0 spiro atoms. The monoisotopic (exact) mass is 353 g/mol. The van der Waals surface area contributed by atoms with Crippen LogP contribution in [0.5, 0.6) is 5.75 Å². The van der Waals surface area contributed by atoms with Crippen molar-refractivity contribution in [2.24, 2.45) is 11.8 Å². The lowest BCUT2D eigenvalue weighted by Crippen LogP contribution is -2.30. The van der Waals surface area contributed by atoms with Gasteiger partial charge in [-0.15, -0.1) is 0 Å². The molecule has 1 aromatic rings. The summed E-state index contributed by atoms with van der Waals surface area (Å²) in [5.41, 5.74) is 0. The first-order chi connectivity index (χ1) is 10.6.